The molecule has 0 saturated carbocycles. The average Bonchev–Trinajstić information content (AvgIpc) is 2.61. The standard InChI is InChI=1S/C18H21NO5/c1-3-22-18-12-14(13-19-20)8-9-17(18)24-11-10-23-16-7-5-4-6-15(16)21-2/h4-9,12-13,20H,3,10-11H2,1-2H3. The van der Waals surface area contributed by atoms with Crippen molar-refractivity contribution in [3.63, 3.8) is 0 Å². The molecule has 0 atom stereocenters. The highest BCUT2D eigenvalue weighted by molar-refractivity contribution is 5.80. The molecule has 0 saturated heterocycles. The summed E-state index contributed by atoms with van der Waals surface area (Å²) in [6.07, 6.45) is 1.33. The third-order valence-corrected chi connectivity index (χ3v) is 3.14. The molecule has 0 heterocycles. The van der Waals surface area contributed by atoms with Gasteiger partial charge in [0.2, 0.25) is 0 Å². The van der Waals surface area contributed by atoms with Crippen LogP contribution in [0.5, 0.6) is 23.0 Å². The first-order chi connectivity index (χ1) is 11.8. The van der Waals surface area contributed by atoms with Gasteiger partial charge in [0, 0.05) is 5.56 Å². The van der Waals surface area contributed by atoms with Crippen molar-refractivity contribution in [2.75, 3.05) is 26.9 Å². The van der Waals surface area contributed by atoms with Crippen molar-refractivity contribution in [2.24, 2.45) is 5.16 Å². The van der Waals surface area contributed by atoms with Crippen LogP contribution in [0.2, 0.25) is 0 Å². The van der Waals surface area contributed by atoms with Gasteiger partial charge in [0.05, 0.1) is 19.9 Å². The molecule has 2 aromatic rings. The van der Waals surface area contributed by atoms with E-state index in [1.807, 2.05) is 31.2 Å². The van der Waals surface area contributed by atoms with Crippen LogP contribution >= 0.6 is 0 Å². The monoisotopic (exact) mass is 331 g/mol. The first kappa shape index (κ1) is 17.5. The summed E-state index contributed by atoms with van der Waals surface area (Å²) in [6.45, 7) is 3.12. The number of ether oxygens (including phenoxy) is 4. The van der Waals surface area contributed by atoms with Crippen molar-refractivity contribution in [3.8, 4) is 23.0 Å². The van der Waals surface area contributed by atoms with E-state index >= 15 is 0 Å². The van der Waals surface area contributed by atoms with Crippen LogP contribution in [0.4, 0.5) is 0 Å². The van der Waals surface area contributed by atoms with Gasteiger partial charge in [-0.1, -0.05) is 17.3 Å². The molecule has 0 radical (unpaired) electrons. The maximum Gasteiger partial charge on any atom is 0.161 e. The van der Waals surface area contributed by atoms with Gasteiger partial charge < -0.3 is 24.2 Å². The number of hydrogen-bond acceptors (Lipinski definition) is 6. The second-order valence-corrected chi connectivity index (χ2v) is 4.73. The highest BCUT2D eigenvalue weighted by atomic mass is 16.5. The lowest BCUT2D eigenvalue weighted by atomic mass is 10.2. The Morgan fingerprint density at radius 2 is 1.58 bits per heavy atom. The van der Waals surface area contributed by atoms with Gasteiger partial charge in [-0.25, -0.2) is 0 Å². The summed E-state index contributed by atoms with van der Waals surface area (Å²) in [5, 5.41) is 11.6. The summed E-state index contributed by atoms with van der Waals surface area (Å²) in [5.74, 6) is 2.55. The topological polar surface area (TPSA) is 69.5 Å². The molecule has 0 spiro atoms. The van der Waals surface area contributed by atoms with Crippen LogP contribution in [0.1, 0.15) is 12.5 Å². The van der Waals surface area contributed by atoms with Crippen molar-refractivity contribution >= 4 is 6.21 Å². The molecule has 128 valence electrons. The molecule has 1 N–H and O–H groups in total. The number of nitrogens with zero attached hydrogens (tertiary/aromatic N) is 1. The maximum absolute atomic E-state index is 8.60. The number of hydrogen-bond donors (Lipinski definition) is 1. The fourth-order valence-electron chi connectivity index (χ4n) is 2.10. The largest absolute Gasteiger partial charge is 0.493 e. The number of benzene rings is 2. The Kier molecular flexibility index (Phi) is 6.76. The lowest BCUT2D eigenvalue weighted by molar-refractivity contribution is 0.203. The van der Waals surface area contributed by atoms with E-state index in [1.165, 1.54) is 6.21 Å². The molecule has 0 unspecified atom stereocenters. The summed E-state index contributed by atoms with van der Waals surface area (Å²) in [7, 11) is 1.60. The minimum atomic E-state index is 0.353. The Morgan fingerprint density at radius 1 is 0.917 bits per heavy atom. The minimum Gasteiger partial charge on any atom is -0.493 e. The Balaban J connectivity index is 1.93. The molecule has 0 bridgehead atoms. The number of rotatable bonds is 9. The fourth-order valence-corrected chi connectivity index (χ4v) is 2.10. The molecule has 6 heteroatoms. The molecule has 0 fully saturated rings. The zero-order chi connectivity index (χ0) is 17.2. The second kappa shape index (κ2) is 9.29. The first-order valence-corrected chi connectivity index (χ1v) is 7.61. The van der Waals surface area contributed by atoms with E-state index in [1.54, 1.807) is 25.3 Å². The normalized spacial score (nSPS) is 10.6. The first-order valence-electron chi connectivity index (χ1n) is 7.61. The van der Waals surface area contributed by atoms with Gasteiger partial charge in [-0.15, -0.1) is 0 Å². The highest BCUT2D eigenvalue weighted by Gasteiger charge is 2.07. The molecule has 0 amide bonds. The molecule has 24 heavy (non-hydrogen) atoms. The van der Waals surface area contributed by atoms with Gasteiger partial charge in [-0.3, -0.25) is 0 Å². The van der Waals surface area contributed by atoms with E-state index in [0.717, 1.165) is 5.56 Å². The predicted octanol–water partition coefficient (Wildman–Crippen LogP) is 3.36. The van der Waals surface area contributed by atoms with E-state index in [9.17, 15) is 0 Å². The number of para-hydroxylation sites is 2. The molecular formula is C18H21NO5. The zero-order valence-electron chi connectivity index (χ0n) is 13.8. The van der Waals surface area contributed by atoms with Gasteiger partial charge in [0.15, 0.2) is 23.0 Å². The van der Waals surface area contributed by atoms with Crippen LogP contribution in [0.25, 0.3) is 0 Å². The van der Waals surface area contributed by atoms with Crippen molar-refractivity contribution in [1.82, 2.24) is 0 Å². The van der Waals surface area contributed by atoms with Crippen LogP contribution in [-0.4, -0.2) is 38.4 Å². The van der Waals surface area contributed by atoms with E-state index < -0.39 is 0 Å². The molecule has 2 aromatic carbocycles. The van der Waals surface area contributed by atoms with Crippen molar-refractivity contribution in [2.45, 2.75) is 6.92 Å². The van der Waals surface area contributed by atoms with E-state index in [2.05, 4.69) is 5.16 Å². The van der Waals surface area contributed by atoms with Crippen LogP contribution in [-0.2, 0) is 0 Å². The fraction of sp³-hybridized carbons (Fsp3) is 0.278. The highest BCUT2D eigenvalue weighted by Crippen LogP contribution is 2.29. The minimum absolute atomic E-state index is 0.353. The van der Waals surface area contributed by atoms with Crippen LogP contribution < -0.4 is 18.9 Å². The lowest BCUT2D eigenvalue weighted by Gasteiger charge is -2.14. The molecule has 2 rings (SSSR count). The summed E-state index contributed by atoms with van der Waals surface area (Å²) in [5.41, 5.74) is 0.721. The Morgan fingerprint density at radius 3 is 2.21 bits per heavy atom. The van der Waals surface area contributed by atoms with Crippen molar-refractivity contribution in [3.05, 3.63) is 48.0 Å². The van der Waals surface area contributed by atoms with Crippen molar-refractivity contribution < 1.29 is 24.2 Å². The zero-order valence-corrected chi connectivity index (χ0v) is 13.8. The van der Waals surface area contributed by atoms with E-state index in [-0.39, 0.29) is 0 Å². The second-order valence-electron chi connectivity index (χ2n) is 4.73. The van der Waals surface area contributed by atoms with Gasteiger partial charge in [0.25, 0.3) is 0 Å². The van der Waals surface area contributed by atoms with Crippen LogP contribution in [0.3, 0.4) is 0 Å². The Labute approximate surface area is 141 Å². The van der Waals surface area contributed by atoms with Crippen molar-refractivity contribution in [1.29, 1.82) is 0 Å². The van der Waals surface area contributed by atoms with Gasteiger partial charge >= 0.3 is 0 Å². The van der Waals surface area contributed by atoms with E-state index in [0.29, 0.717) is 42.8 Å². The Hall–Kier alpha value is -2.89. The van der Waals surface area contributed by atoms with Gasteiger partial charge in [-0.2, -0.15) is 0 Å². The van der Waals surface area contributed by atoms with Crippen LogP contribution in [0, 0.1) is 0 Å². The van der Waals surface area contributed by atoms with Gasteiger partial charge in [-0.05, 0) is 37.3 Å². The molecule has 0 aliphatic heterocycles. The average molecular weight is 331 g/mol. The summed E-state index contributed by atoms with van der Waals surface area (Å²) in [4.78, 5) is 0. The SMILES string of the molecule is CCOc1cc(C=NO)ccc1OCCOc1ccccc1OC. The van der Waals surface area contributed by atoms with Crippen LogP contribution in [0.15, 0.2) is 47.6 Å². The quantitative estimate of drug-likeness (QED) is 0.330. The number of methoxy groups -OCH3 is 1. The van der Waals surface area contributed by atoms with Gasteiger partial charge in [0.1, 0.15) is 13.2 Å². The molecule has 0 aliphatic rings. The smallest absolute Gasteiger partial charge is 0.161 e. The summed E-state index contributed by atoms with van der Waals surface area (Å²) in [6, 6.07) is 12.7. The third kappa shape index (κ3) is 4.81. The summed E-state index contributed by atoms with van der Waals surface area (Å²) < 4.78 is 22.2. The van der Waals surface area contributed by atoms with E-state index in [4.69, 9.17) is 24.2 Å². The molecule has 0 aliphatic carbocycles. The summed E-state index contributed by atoms with van der Waals surface area (Å²) >= 11 is 0. The molecule has 6 nitrogen and oxygen atoms in total. The molecular weight excluding hydrogens is 310 g/mol. The molecule has 0 aromatic heterocycles. The lowest BCUT2D eigenvalue weighted by Crippen LogP contribution is -2.10. The number of oxime groups is 1. The maximum atomic E-state index is 8.60. The Bertz CT molecular complexity index is 672. The predicted molar refractivity (Wildman–Crippen MR) is 91.0 cm³/mol. The third-order valence-electron chi connectivity index (χ3n) is 3.14.